The van der Waals surface area contributed by atoms with Gasteiger partial charge in [-0.05, 0) is 41.5 Å². The monoisotopic (exact) mass is 412 g/mol. The zero-order valence-electron chi connectivity index (χ0n) is 17.3. The summed E-state index contributed by atoms with van der Waals surface area (Å²) in [4.78, 5) is 6.75. The molecular formula is C29H20N2O. The van der Waals surface area contributed by atoms with Crippen LogP contribution < -0.4 is 4.90 Å². The van der Waals surface area contributed by atoms with Crippen LogP contribution in [0.3, 0.4) is 0 Å². The van der Waals surface area contributed by atoms with Crippen LogP contribution in [0.25, 0.3) is 33.1 Å². The zero-order valence-corrected chi connectivity index (χ0v) is 17.3. The van der Waals surface area contributed by atoms with Crippen LogP contribution >= 0.6 is 0 Å². The lowest BCUT2D eigenvalue weighted by molar-refractivity contribution is 0.667. The van der Waals surface area contributed by atoms with Gasteiger partial charge in [0.1, 0.15) is 5.58 Å². The molecule has 2 heterocycles. The number of furan rings is 1. The van der Waals surface area contributed by atoms with Gasteiger partial charge in [0, 0.05) is 16.8 Å². The molecule has 2 aromatic heterocycles. The number of para-hydroxylation sites is 2. The summed E-state index contributed by atoms with van der Waals surface area (Å²) in [6.07, 6.45) is 3.71. The molecule has 3 nitrogen and oxygen atoms in total. The molecule has 0 spiro atoms. The standard InChI is InChI=1S/C29H20N2O/c1-3-9-21(10-4-1)22-15-17-24(18-16-22)31(23-11-5-2-6-12-23)26-19-30-20-28-29(26)25-13-7-8-14-27(25)32-28/h1-20H. The van der Waals surface area contributed by atoms with Crippen molar-refractivity contribution in [3.63, 3.8) is 0 Å². The first kappa shape index (κ1) is 18.4. The Balaban J connectivity index is 1.56. The van der Waals surface area contributed by atoms with Crippen molar-refractivity contribution in [3.8, 4) is 11.1 Å². The molecule has 0 bridgehead atoms. The third-order valence-corrected chi connectivity index (χ3v) is 5.76. The summed E-state index contributed by atoms with van der Waals surface area (Å²) >= 11 is 0. The van der Waals surface area contributed by atoms with Crippen molar-refractivity contribution in [2.45, 2.75) is 0 Å². The lowest BCUT2D eigenvalue weighted by atomic mass is 10.0. The summed E-state index contributed by atoms with van der Waals surface area (Å²) in [5, 5.41) is 2.15. The van der Waals surface area contributed by atoms with Gasteiger partial charge in [0.2, 0.25) is 0 Å². The van der Waals surface area contributed by atoms with Gasteiger partial charge < -0.3 is 9.32 Å². The maximum atomic E-state index is 6.10. The summed E-state index contributed by atoms with van der Waals surface area (Å²) in [7, 11) is 0. The molecule has 3 heteroatoms. The number of anilines is 3. The van der Waals surface area contributed by atoms with Crippen molar-refractivity contribution in [3.05, 3.63) is 122 Å². The average molecular weight is 412 g/mol. The lowest BCUT2D eigenvalue weighted by Crippen LogP contribution is -2.10. The lowest BCUT2D eigenvalue weighted by Gasteiger charge is -2.26. The van der Waals surface area contributed by atoms with Crippen LogP contribution in [0, 0.1) is 0 Å². The van der Waals surface area contributed by atoms with Gasteiger partial charge >= 0.3 is 0 Å². The largest absolute Gasteiger partial charge is 0.454 e. The molecule has 0 aliphatic rings. The molecule has 0 saturated carbocycles. The maximum Gasteiger partial charge on any atom is 0.155 e. The number of hydrogen-bond acceptors (Lipinski definition) is 3. The number of hydrogen-bond donors (Lipinski definition) is 0. The predicted octanol–water partition coefficient (Wildman–Crippen LogP) is 8.12. The molecule has 6 aromatic rings. The Morgan fingerprint density at radius 3 is 1.94 bits per heavy atom. The SMILES string of the molecule is c1ccc(-c2ccc(N(c3ccccc3)c3cncc4oc5ccccc5c34)cc2)cc1. The number of benzene rings is 4. The third-order valence-electron chi connectivity index (χ3n) is 5.76. The van der Waals surface area contributed by atoms with Crippen molar-refractivity contribution < 1.29 is 4.42 Å². The molecular weight excluding hydrogens is 392 g/mol. The average Bonchev–Trinajstić information content (AvgIpc) is 3.25. The quantitative estimate of drug-likeness (QED) is 0.293. The van der Waals surface area contributed by atoms with E-state index in [1.807, 2.05) is 36.5 Å². The number of aromatic nitrogens is 1. The van der Waals surface area contributed by atoms with Gasteiger partial charge in [0.05, 0.1) is 23.5 Å². The van der Waals surface area contributed by atoms with E-state index in [0.29, 0.717) is 0 Å². The van der Waals surface area contributed by atoms with Gasteiger partial charge in [-0.2, -0.15) is 0 Å². The molecule has 0 unspecified atom stereocenters. The summed E-state index contributed by atoms with van der Waals surface area (Å²) < 4.78 is 6.10. The minimum Gasteiger partial charge on any atom is -0.454 e. The minimum absolute atomic E-state index is 0.783. The second-order valence-corrected chi connectivity index (χ2v) is 7.71. The molecule has 4 aromatic carbocycles. The van der Waals surface area contributed by atoms with Crippen LogP contribution in [0.2, 0.25) is 0 Å². The summed E-state index contributed by atoms with van der Waals surface area (Å²) in [5.41, 5.74) is 7.17. The van der Waals surface area contributed by atoms with E-state index in [1.165, 1.54) is 11.1 Å². The van der Waals surface area contributed by atoms with Crippen LogP contribution in [0.5, 0.6) is 0 Å². The summed E-state index contributed by atoms with van der Waals surface area (Å²) in [5.74, 6) is 0. The fourth-order valence-corrected chi connectivity index (χ4v) is 4.27. The van der Waals surface area contributed by atoms with Crippen LogP contribution in [-0.2, 0) is 0 Å². The van der Waals surface area contributed by atoms with Gasteiger partial charge in [-0.15, -0.1) is 0 Å². The number of fused-ring (bicyclic) bond motifs is 3. The number of rotatable bonds is 4. The van der Waals surface area contributed by atoms with Gasteiger partial charge in [0.25, 0.3) is 0 Å². The highest BCUT2D eigenvalue weighted by atomic mass is 16.3. The Bertz CT molecular complexity index is 1500. The van der Waals surface area contributed by atoms with Gasteiger partial charge in [-0.3, -0.25) is 4.98 Å². The molecule has 0 aliphatic carbocycles. The van der Waals surface area contributed by atoms with E-state index in [-0.39, 0.29) is 0 Å². The summed E-state index contributed by atoms with van der Waals surface area (Å²) in [6, 6.07) is 37.6. The van der Waals surface area contributed by atoms with Crippen LogP contribution in [-0.4, -0.2) is 4.98 Å². The molecule has 0 saturated heterocycles. The molecule has 0 fully saturated rings. The van der Waals surface area contributed by atoms with Crippen molar-refractivity contribution in [2.75, 3.05) is 4.90 Å². The van der Waals surface area contributed by atoms with E-state index in [1.54, 1.807) is 6.20 Å². The highest BCUT2D eigenvalue weighted by Gasteiger charge is 2.19. The second-order valence-electron chi connectivity index (χ2n) is 7.71. The van der Waals surface area contributed by atoms with Crippen LogP contribution in [0.1, 0.15) is 0 Å². The van der Waals surface area contributed by atoms with Gasteiger partial charge in [-0.1, -0.05) is 78.9 Å². The van der Waals surface area contributed by atoms with Crippen molar-refractivity contribution >= 4 is 39.0 Å². The molecule has 0 N–H and O–H groups in total. The van der Waals surface area contributed by atoms with Crippen LogP contribution in [0.4, 0.5) is 17.1 Å². The Morgan fingerprint density at radius 1 is 0.531 bits per heavy atom. The molecule has 152 valence electrons. The highest BCUT2D eigenvalue weighted by Crippen LogP contribution is 2.42. The molecule has 0 radical (unpaired) electrons. The fraction of sp³-hybridized carbons (Fsp3) is 0. The van der Waals surface area contributed by atoms with E-state index >= 15 is 0 Å². The zero-order chi connectivity index (χ0) is 21.3. The highest BCUT2D eigenvalue weighted by molar-refractivity contribution is 6.12. The normalized spacial score (nSPS) is 11.1. The van der Waals surface area contributed by atoms with Crippen molar-refractivity contribution in [1.29, 1.82) is 0 Å². The first-order valence-electron chi connectivity index (χ1n) is 10.6. The number of nitrogens with zero attached hydrogens (tertiary/aromatic N) is 2. The second kappa shape index (κ2) is 7.71. The van der Waals surface area contributed by atoms with Crippen molar-refractivity contribution in [2.24, 2.45) is 0 Å². The predicted molar refractivity (Wildman–Crippen MR) is 132 cm³/mol. The topological polar surface area (TPSA) is 29.3 Å². The van der Waals surface area contributed by atoms with E-state index in [0.717, 1.165) is 39.0 Å². The smallest absolute Gasteiger partial charge is 0.155 e. The van der Waals surface area contributed by atoms with Gasteiger partial charge in [0.15, 0.2) is 5.58 Å². The van der Waals surface area contributed by atoms with E-state index in [4.69, 9.17) is 4.42 Å². The Kier molecular flexibility index (Phi) is 4.43. The fourth-order valence-electron chi connectivity index (χ4n) is 4.27. The molecule has 32 heavy (non-hydrogen) atoms. The van der Waals surface area contributed by atoms with Crippen LogP contribution in [0.15, 0.2) is 126 Å². The Hall–Kier alpha value is -4.37. The molecule has 0 atom stereocenters. The van der Waals surface area contributed by atoms with Crippen molar-refractivity contribution in [1.82, 2.24) is 4.98 Å². The first-order chi connectivity index (χ1) is 15.9. The van der Waals surface area contributed by atoms with Gasteiger partial charge in [-0.25, -0.2) is 0 Å². The Labute approximate surface area is 186 Å². The van der Waals surface area contributed by atoms with E-state index < -0.39 is 0 Å². The Morgan fingerprint density at radius 2 is 1.16 bits per heavy atom. The molecule has 6 rings (SSSR count). The molecule has 0 amide bonds. The number of pyridine rings is 1. The third kappa shape index (κ3) is 3.12. The first-order valence-corrected chi connectivity index (χ1v) is 10.6. The maximum absolute atomic E-state index is 6.10. The molecule has 0 aliphatic heterocycles. The van der Waals surface area contributed by atoms with E-state index in [2.05, 4.69) is 88.7 Å². The minimum atomic E-state index is 0.783. The van der Waals surface area contributed by atoms with E-state index in [9.17, 15) is 0 Å². The summed E-state index contributed by atoms with van der Waals surface area (Å²) in [6.45, 7) is 0.